The van der Waals surface area contributed by atoms with Crippen LogP contribution in [0.3, 0.4) is 0 Å². The van der Waals surface area contributed by atoms with Crippen LogP contribution >= 0.6 is 0 Å². The zero-order chi connectivity index (χ0) is 19.1. The number of anilines is 1. The van der Waals surface area contributed by atoms with E-state index in [1.165, 1.54) is 24.4 Å². The van der Waals surface area contributed by atoms with E-state index in [2.05, 4.69) is 9.71 Å². The molecule has 0 spiro atoms. The molecular formula is C16H12FN3O4S2. The molecule has 0 unspecified atom stereocenters. The Bertz CT molecular complexity index is 1270. The summed E-state index contributed by atoms with van der Waals surface area (Å²) in [6.45, 7) is 1.76. The summed E-state index contributed by atoms with van der Waals surface area (Å²) >= 11 is 0. The number of aromatic amines is 1. The normalized spacial score (nSPS) is 12.0. The minimum Gasteiger partial charge on any atom is -0.358 e. The SMILES string of the molecule is Cc1ccc(NS(=O)(=O)c2ccccc2S(=O)(=O)F)c2[nH]cc(C#N)c12. The molecule has 3 rings (SSSR count). The molecule has 0 fully saturated rings. The van der Waals surface area contributed by atoms with Crippen LogP contribution in [0.5, 0.6) is 0 Å². The van der Waals surface area contributed by atoms with Gasteiger partial charge in [-0.2, -0.15) is 13.7 Å². The van der Waals surface area contributed by atoms with Gasteiger partial charge in [0.2, 0.25) is 0 Å². The van der Waals surface area contributed by atoms with Gasteiger partial charge in [0.25, 0.3) is 10.0 Å². The lowest BCUT2D eigenvalue weighted by molar-refractivity contribution is 0.547. The number of sulfonamides is 1. The molecule has 0 aliphatic heterocycles. The lowest BCUT2D eigenvalue weighted by Gasteiger charge is -2.12. The minimum atomic E-state index is -5.23. The average molecular weight is 393 g/mol. The van der Waals surface area contributed by atoms with Crippen LogP contribution in [0, 0.1) is 18.3 Å². The fourth-order valence-electron chi connectivity index (χ4n) is 2.67. The van der Waals surface area contributed by atoms with E-state index < -0.39 is 30.0 Å². The highest BCUT2D eigenvalue weighted by atomic mass is 32.3. The largest absolute Gasteiger partial charge is 0.358 e. The highest BCUT2D eigenvalue weighted by Crippen LogP contribution is 2.31. The number of aryl methyl sites for hydroxylation is 1. The van der Waals surface area contributed by atoms with Crippen molar-refractivity contribution in [3.05, 3.63) is 53.7 Å². The molecule has 0 bridgehead atoms. The second kappa shape index (κ2) is 6.12. The summed E-state index contributed by atoms with van der Waals surface area (Å²) in [7, 11) is -9.63. The number of H-pyrrole nitrogens is 1. The van der Waals surface area contributed by atoms with Crippen molar-refractivity contribution in [2.24, 2.45) is 0 Å². The number of rotatable bonds is 4. The Balaban J connectivity index is 2.17. The van der Waals surface area contributed by atoms with Gasteiger partial charge in [-0.15, -0.1) is 3.89 Å². The van der Waals surface area contributed by atoms with Crippen LogP contribution in [0.1, 0.15) is 11.1 Å². The maximum atomic E-state index is 13.4. The molecule has 3 aromatic rings. The van der Waals surface area contributed by atoms with Gasteiger partial charge in [0.15, 0.2) is 0 Å². The lowest BCUT2D eigenvalue weighted by Crippen LogP contribution is -2.16. The van der Waals surface area contributed by atoms with E-state index in [1.54, 1.807) is 13.0 Å². The maximum Gasteiger partial charge on any atom is 0.333 e. The number of halogens is 1. The molecule has 134 valence electrons. The van der Waals surface area contributed by atoms with Crippen molar-refractivity contribution in [2.75, 3.05) is 4.72 Å². The molecule has 0 atom stereocenters. The number of benzene rings is 2. The molecule has 0 aliphatic rings. The zero-order valence-corrected chi connectivity index (χ0v) is 14.9. The summed E-state index contributed by atoms with van der Waals surface area (Å²) < 4.78 is 63.5. The van der Waals surface area contributed by atoms with Crippen LogP contribution in [0.15, 0.2) is 52.4 Å². The Morgan fingerprint density at radius 3 is 2.35 bits per heavy atom. The van der Waals surface area contributed by atoms with Gasteiger partial charge in [-0.25, -0.2) is 8.42 Å². The highest BCUT2D eigenvalue weighted by Gasteiger charge is 2.26. The van der Waals surface area contributed by atoms with Crippen molar-refractivity contribution < 1.29 is 20.7 Å². The van der Waals surface area contributed by atoms with E-state index in [4.69, 9.17) is 5.26 Å². The van der Waals surface area contributed by atoms with E-state index in [-0.39, 0.29) is 5.69 Å². The number of hydrogen-bond acceptors (Lipinski definition) is 5. The third-order valence-corrected chi connectivity index (χ3v) is 6.24. The fourth-order valence-corrected chi connectivity index (χ4v) is 5.00. The van der Waals surface area contributed by atoms with Crippen LogP contribution in [0.25, 0.3) is 10.9 Å². The van der Waals surface area contributed by atoms with E-state index in [9.17, 15) is 20.7 Å². The predicted molar refractivity (Wildman–Crippen MR) is 93.3 cm³/mol. The smallest absolute Gasteiger partial charge is 0.333 e. The number of aromatic nitrogens is 1. The Kier molecular flexibility index (Phi) is 4.21. The van der Waals surface area contributed by atoms with Crippen LogP contribution in [0.4, 0.5) is 9.57 Å². The van der Waals surface area contributed by atoms with Crippen LogP contribution < -0.4 is 4.72 Å². The van der Waals surface area contributed by atoms with Crippen molar-refractivity contribution in [2.45, 2.75) is 16.7 Å². The molecule has 2 N–H and O–H groups in total. The monoisotopic (exact) mass is 393 g/mol. The molecule has 0 aliphatic carbocycles. The van der Waals surface area contributed by atoms with Gasteiger partial charge in [0.1, 0.15) is 15.9 Å². The van der Waals surface area contributed by atoms with Gasteiger partial charge >= 0.3 is 10.2 Å². The Labute approximate surface area is 149 Å². The lowest BCUT2D eigenvalue weighted by atomic mass is 10.1. The summed E-state index contributed by atoms with van der Waals surface area (Å²) in [4.78, 5) is 1.18. The molecule has 0 amide bonds. The maximum absolute atomic E-state index is 13.4. The summed E-state index contributed by atoms with van der Waals surface area (Å²) in [5.74, 6) is 0. The van der Waals surface area contributed by atoms with Crippen molar-refractivity contribution in [3.63, 3.8) is 0 Å². The van der Waals surface area contributed by atoms with Gasteiger partial charge in [-0.1, -0.05) is 18.2 Å². The number of nitrogens with zero attached hydrogens (tertiary/aromatic N) is 1. The predicted octanol–water partition coefficient (Wildman–Crippen LogP) is 2.81. The zero-order valence-electron chi connectivity index (χ0n) is 13.3. The minimum absolute atomic E-state index is 0.109. The molecule has 0 saturated heterocycles. The second-order valence-corrected chi connectivity index (χ2v) is 8.45. The number of hydrogen-bond donors (Lipinski definition) is 2. The standard InChI is InChI=1S/C16H12FN3O4S2/c1-10-6-7-12(16-15(10)11(8-18)9-19-16)20-26(23,24)14-5-3-2-4-13(14)25(17,21)22/h2-7,9,19-20H,1H3. The second-order valence-electron chi connectivity index (χ2n) is 5.48. The average Bonchev–Trinajstić information content (AvgIpc) is 3.02. The van der Waals surface area contributed by atoms with Crippen molar-refractivity contribution >= 4 is 36.8 Å². The van der Waals surface area contributed by atoms with Gasteiger partial charge in [-0.05, 0) is 30.7 Å². The molecule has 1 aromatic heterocycles. The third kappa shape index (κ3) is 3.02. The van der Waals surface area contributed by atoms with Crippen LogP contribution in [-0.4, -0.2) is 21.8 Å². The van der Waals surface area contributed by atoms with Gasteiger partial charge in [-0.3, -0.25) is 4.72 Å². The molecule has 2 aromatic carbocycles. The van der Waals surface area contributed by atoms with E-state index in [0.29, 0.717) is 16.5 Å². The quantitative estimate of drug-likeness (QED) is 0.661. The summed E-state index contributed by atoms with van der Waals surface area (Å²) in [5, 5.41) is 9.70. The first-order chi connectivity index (χ1) is 12.1. The summed E-state index contributed by atoms with van der Waals surface area (Å²) in [6, 6.07) is 9.47. The first-order valence-electron chi connectivity index (χ1n) is 7.22. The number of nitriles is 1. The highest BCUT2D eigenvalue weighted by molar-refractivity contribution is 7.94. The molecular weight excluding hydrogens is 381 g/mol. The van der Waals surface area contributed by atoms with E-state index >= 15 is 0 Å². The fraction of sp³-hybridized carbons (Fsp3) is 0.0625. The number of nitrogens with one attached hydrogen (secondary N) is 2. The topological polar surface area (TPSA) is 120 Å². The van der Waals surface area contributed by atoms with Gasteiger partial charge < -0.3 is 4.98 Å². The first-order valence-corrected chi connectivity index (χ1v) is 10.1. The molecule has 7 nitrogen and oxygen atoms in total. The Morgan fingerprint density at radius 1 is 1.08 bits per heavy atom. The molecule has 26 heavy (non-hydrogen) atoms. The summed E-state index contributed by atoms with van der Waals surface area (Å²) in [6.07, 6.45) is 1.44. The third-order valence-electron chi connectivity index (χ3n) is 3.81. The molecule has 1 heterocycles. The summed E-state index contributed by atoms with van der Waals surface area (Å²) in [5.41, 5.74) is 1.57. The van der Waals surface area contributed by atoms with E-state index in [0.717, 1.165) is 17.7 Å². The molecule has 0 saturated carbocycles. The van der Waals surface area contributed by atoms with Crippen molar-refractivity contribution in [1.29, 1.82) is 5.26 Å². The number of fused-ring (bicyclic) bond motifs is 1. The molecule has 10 heteroatoms. The van der Waals surface area contributed by atoms with Crippen LogP contribution in [0.2, 0.25) is 0 Å². The van der Waals surface area contributed by atoms with Crippen molar-refractivity contribution in [3.8, 4) is 6.07 Å². The van der Waals surface area contributed by atoms with Crippen LogP contribution in [-0.2, 0) is 20.2 Å². The van der Waals surface area contributed by atoms with Crippen molar-refractivity contribution in [1.82, 2.24) is 4.98 Å². The van der Waals surface area contributed by atoms with Gasteiger partial charge in [0, 0.05) is 11.6 Å². The van der Waals surface area contributed by atoms with Gasteiger partial charge in [0.05, 0.1) is 16.8 Å². The molecule has 0 radical (unpaired) electrons. The Morgan fingerprint density at radius 2 is 1.73 bits per heavy atom. The van der Waals surface area contributed by atoms with E-state index in [1.807, 2.05) is 6.07 Å². The Hall–Kier alpha value is -2.90. The first kappa shape index (κ1) is 17.9.